The third-order valence-corrected chi connectivity index (χ3v) is 4.75. The quantitative estimate of drug-likeness (QED) is 0.905. The number of ketones is 1. The fourth-order valence-corrected chi connectivity index (χ4v) is 3.36. The van der Waals surface area contributed by atoms with Gasteiger partial charge < -0.3 is 0 Å². The summed E-state index contributed by atoms with van der Waals surface area (Å²) in [4.78, 5) is 24.7. The summed E-state index contributed by atoms with van der Waals surface area (Å²) in [7, 11) is 0. The molecular weight excluding hydrogens is 332 g/mol. The highest BCUT2D eigenvalue weighted by Gasteiger charge is 2.34. The Kier molecular flexibility index (Phi) is 4.24. The fraction of sp³-hybridized carbons (Fsp3) is 0.389. The summed E-state index contributed by atoms with van der Waals surface area (Å²) in [5, 5.41) is 17.1. The molecule has 1 N–H and O–H groups in total. The van der Waals surface area contributed by atoms with E-state index in [0.717, 1.165) is 37.3 Å². The second-order valence-electron chi connectivity index (χ2n) is 6.56. The van der Waals surface area contributed by atoms with Crippen molar-refractivity contribution in [3.63, 3.8) is 0 Å². The minimum atomic E-state index is -0.467. The average Bonchev–Trinajstić information content (AvgIpc) is 3.28. The number of benzene rings is 1. The van der Waals surface area contributed by atoms with Crippen LogP contribution in [0.1, 0.15) is 32.0 Å². The Morgan fingerprint density at radius 2 is 1.96 bits per heavy atom. The smallest absolute Gasteiger partial charge is 0.274 e. The molecule has 1 amide bonds. The number of carbonyl (C=O) groups excluding carboxylic acids is 2. The van der Waals surface area contributed by atoms with Gasteiger partial charge >= 0.3 is 0 Å². The lowest BCUT2D eigenvalue weighted by atomic mass is 10.1. The summed E-state index contributed by atoms with van der Waals surface area (Å²) in [5.74, 6) is 0.980. The SMILES string of the molecule is CC(=O)[C@H]1CC(C(=O)Nc2nnc3n2CCCC3)=NN1c1ccccc1. The van der Waals surface area contributed by atoms with Crippen LogP contribution in [0.5, 0.6) is 0 Å². The maximum atomic E-state index is 12.7. The van der Waals surface area contributed by atoms with Gasteiger partial charge in [-0.2, -0.15) is 5.10 Å². The van der Waals surface area contributed by atoms with Crippen LogP contribution >= 0.6 is 0 Å². The van der Waals surface area contributed by atoms with Gasteiger partial charge in [0.1, 0.15) is 17.6 Å². The highest BCUT2D eigenvalue weighted by atomic mass is 16.2. The first-order valence-electron chi connectivity index (χ1n) is 8.79. The largest absolute Gasteiger partial charge is 0.298 e. The van der Waals surface area contributed by atoms with Gasteiger partial charge in [-0.25, -0.2) is 0 Å². The first kappa shape index (κ1) is 16.4. The number of anilines is 2. The summed E-state index contributed by atoms with van der Waals surface area (Å²) in [5.41, 5.74) is 1.11. The minimum Gasteiger partial charge on any atom is -0.298 e. The third-order valence-electron chi connectivity index (χ3n) is 4.75. The molecule has 1 aromatic carbocycles. The molecule has 8 heteroatoms. The van der Waals surface area contributed by atoms with E-state index in [2.05, 4.69) is 20.6 Å². The van der Waals surface area contributed by atoms with Crippen LogP contribution in [-0.4, -0.2) is 38.2 Å². The molecule has 8 nitrogen and oxygen atoms in total. The molecule has 0 saturated heterocycles. The molecule has 26 heavy (non-hydrogen) atoms. The standard InChI is InChI=1S/C18H20N6O2/c1-12(25)15-11-14(22-24(15)13-7-3-2-4-8-13)17(26)19-18-21-20-16-9-5-6-10-23(16)18/h2-4,7-8,15H,5-6,9-11H2,1H3,(H,19,21,26)/t15-/m1/s1. The van der Waals surface area contributed by atoms with Crippen molar-refractivity contribution in [3.8, 4) is 0 Å². The number of fused-ring (bicyclic) bond motifs is 1. The Hall–Kier alpha value is -3.03. The highest BCUT2D eigenvalue weighted by molar-refractivity contribution is 6.44. The number of amides is 1. The van der Waals surface area contributed by atoms with Gasteiger partial charge in [-0.15, -0.1) is 10.2 Å². The first-order valence-corrected chi connectivity index (χ1v) is 8.79. The molecule has 1 atom stereocenters. The van der Waals surface area contributed by atoms with Crippen LogP contribution in [0.2, 0.25) is 0 Å². The van der Waals surface area contributed by atoms with E-state index in [1.54, 1.807) is 5.01 Å². The van der Waals surface area contributed by atoms with Crippen molar-refractivity contribution in [2.75, 3.05) is 10.3 Å². The summed E-state index contributed by atoms with van der Waals surface area (Å²) in [6, 6.07) is 8.93. The van der Waals surface area contributed by atoms with Gasteiger partial charge in [0, 0.05) is 19.4 Å². The number of carbonyl (C=O) groups is 2. The predicted molar refractivity (Wildman–Crippen MR) is 97.0 cm³/mol. The Labute approximate surface area is 150 Å². The molecule has 2 aliphatic heterocycles. The number of hydrogen-bond acceptors (Lipinski definition) is 6. The van der Waals surface area contributed by atoms with Crippen LogP contribution in [0.4, 0.5) is 11.6 Å². The van der Waals surface area contributed by atoms with E-state index in [4.69, 9.17) is 0 Å². The zero-order valence-corrected chi connectivity index (χ0v) is 14.6. The van der Waals surface area contributed by atoms with Gasteiger partial charge in [-0.1, -0.05) is 18.2 Å². The summed E-state index contributed by atoms with van der Waals surface area (Å²) < 4.78 is 1.94. The number of para-hydroxylation sites is 1. The Morgan fingerprint density at radius 1 is 1.15 bits per heavy atom. The van der Waals surface area contributed by atoms with Crippen LogP contribution in [-0.2, 0) is 22.6 Å². The van der Waals surface area contributed by atoms with E-state index in [1.165, 1.54) is 6.92 Å². The molecule has 4 rings (SSSR count). The van der Waals surface area contributed by atoms with Crippen molar-refractivity contribution in [2.24, 2.45) is 5.10 Å². The number of nitrogens with one attached hydrogen (secondary N) is 1. The second kappa shape index (κ2) is 6.70. The summed E-state index contributed by atoms with van der Waals surface area (Å²) >= 11 is 0. The molecular formula is C18H20N6O2. The minimum absolute atomic E-state index is 0.0275. The van der Waals surface area contributed by atoms with Gasteiger partial charge in [0.2, 0.25) is 5.95 Å². The van der Waals surface area contributed by atoms with Crippen molar-refractivity contribution in [1.29, 1.82) is 0 Å². The molecule has 2 aromatic rings. The topological polar surface area (TPSA) is 92.5 Å². The molecule has 1 aromatic heterocycles. The van der Waals surface area contributed by atoms with Crippen LogP contribution in [0.3, 0.4) is 0 Å². The summed E-state index contributed by atoms with van der Waals surface area (Å²) in [6.07, 6.45) is 3.28. The Bertz CT molecular complexity index is 873. The third kappa shape index (κ3) is 2.98. The molecule has 0 unspecified atom stereocenters. The van der Waals surface area contributed by atoms with Gasteiger partial charge in [-0.3, -0.25) is 24.5 Å². The number of hydrazone groups is 1. The number of aromatic nitrogens is 3. The molecule has 0 radical (unpaired) electrons. The molecule has 2 aliphatic rings. The van der Waals surface area contributed by atoms with Crippen molar-refractivity contribution in [2.45, 2.75) is 45.2 Å². The Balaban J connectivity index is 1.56. The van der Waals surface area contributed by atoms with Gasteiger partial charge in [0.25, 0.3) is 5.91 Å². The summed E-state index contributed by atoms with van der Waals surface area (Å²) in [6.45, 7) is 2.32. The number of rotatable bonds is 4. The fourth-order valence-electron chi connectivity index (χ4n) is 3.36. The predicted octanol–water partition coefficient (Wildman–Crippen LogP) is 1.78. The van der Waals surface area contributed by atoms with Crippen molar-refractivity contribution >= 4 is 29.0 Å². The average molecular weight is 352 g/mol. The molecule has 0 spiro atoms. The number of Topliss-reactive ketones (excluding diaryl/α,β-unsaturated/α-hetero) is 1. The van der Waals surface area contributed by atoms with Crippen molar-refractivity contribution < 1.29 is 9.59 Å². The lowest BCUT2D eigenvalue weighted by molar-refractivity contribution is -0.118. The lowest BCUT2D eigenvalue weighted by Crippen LogP contribution is -2.33. The maximum absolute atomic E-state index is 12.7. The molecule has 134 valence electrons. The number of nitrogens with zero attached hydrogens (tertiary/aromatic N) is 5. The van der Waals surface area contributed by atoms with Gasteiger partial charge in [0.15, 0.2) is 5.78 Å². The van der Waals surface area contributed by atoms with Crippen LogP contribution in [0, 0.1) is 0 Å². The van der Waals surface area contributed by atoms with Crippen LogP contribution in [0.15, 0.2) is 35.4 Å². The van der Waals surface area contributed by atoms with Crippen LogP contribution in [0.25, 0.3) is 0 Å². The van der Waals surface area contributed by atoms with Gasteiger partial charge in [-0.05, 0) is 31.9 Å². The zero-order valence-electron chi connectivity index (χ0n) is 14.6. The van der Waals surface area contributed by atoms with E-state index < -0.39 is 6.04 Å². The molecule has 0 aliphatic carbocycles. The molecule has 3 heterocycles. The van der Waals surface area contributed by atoms with E-state index in [-0.39, 0.29) is 18.1 Å². The monoisotopic (exact) mass is 352 g/mol. The molecule has 0 fully saturated rings. The van der Waals surface area contributed by atoms with E-state index in [0.29, 0.717) is 11.7 Å². The van der Waals surface area contributed by atoms with Crippen LogP contribution < -0.4 is 10.3 Å². The lowest BCUT2D eigenvalue weighted by Gasteiger charge is -2.20. The second-order valence-corrected chi connectivity index (χ2v) is 6.56. The maximum Gasteiger partial charge on any atom is 0.274 e. The molecule has 0 saturated carbocycles. The normalized spacial score (nSPS) is 19.0. The number of aryl methyl sites for hydroxylation is 1. The van der Waals surface area contributed by atoms with Crippen molar-refractivity contribution in [3.05, 3.63) is 36.2 Å². The number of hydrogen-bond donors (Lipinski definition) is 1. The van der Waals surface area contributed by atoms with Gasteiger partial charge in [0.05, 0.1) is 5.69 Å². The van der Waals surface area contributed by atoms with E-state index >= 15 is 0 Å². The molecule has 0 bridgehead atoms. The first-order chi connectivity index (χ1) is 12.6. The zero-order chi connectivity index (χ0) is 18.1. The Morgan fingerprint density at radius 3 is 2.73 bits per heavy atom. The van der Waals surface area contributed by atoms with Crippen molar-refractivity contribution in [1.82, 2.24) is 14.8 Å². The van der Waals surface area contributed by atoms with E-state index in [9.17, 15) is 9.59 Å². The highest BCUT2D eigenvalue weighted by Crippen LogP contribution is 2.25. The van der Waals surface area contributed by atoms with E-state index in [1.807, 2.05) is 34.9 Å².